The second-order valence-corrected chi connectivity index (χ2v) is 19.5. The largest absolute Gasteiger partial charge is 0.310 e. The zero-order chi connectivity index (χ0) is 44.0. The summed E-state index contributed by atoms with van der Waals surface area (Å²) in [5.74, 6) is 0. The molecule has 0 saturated carbocycles. The Morgan fingerprint density at radius 2 is 0.788 bits per heavy atom. The van der Waals surface area contributed by atoms with E-state index in [4.69, 9.17) is 0 Å². The van der Waals surface area contributed by atoms with Crippen molar-refractivity contribution >= 4 is 48.6 Å². The van der Waals surface area contributed by atoms with Crippen molar-refractivity contribution in [2.24, 2.45) is 0 Å². The Balaban J connectivity index is 0.949. The quantitative estimate of drug-likeness (QED) is 0.161. The van der Waals surface area contributed by atoms with Crippen LogP contribution in [-0.4, -0.2) is 0 Å². The summed E-state index contributed by atoms with van der Waals surface area (Å²) in [6.45, 7) is 4.80. The molecule has 0 amide bonds. The third-order valence-electron chi connectivity index (χ3n) is 14.6. The van der Waals surface area contributed by atoms with Gasteiger partial charge in [0.15, 0.2) is 0 Å². The van der Waals surface area contributed by atoms with Crippen molar-refractivity contribution in [3.63, 3.8) is 0 Å². The summed E-state index contributed by atoms with van der Waals surface area (Å²) >= 11 is 1.87. The summed E-state index contributed by atoms with van der Waals surface area (Å²) in [4.78, 5) is 2.40. The molecule has 1 spiro atoms. The Labute approximate surface area is 390 Å². The van der Waals surface area contributed by atoms with Crippen LogP contribution in [0.1, 0.15) is 47.2 Å². The molecule has 2 heteroatoms. The molecule has 10 aromatic carbocycles. The first-order chi connectivity index (χ1) is 32.5. The highest BCUT2D eigenvalue weighted by Crippen LogP contribution is 2.62. The number of fused-ring (bicyclic) bond motifs is 12. The van der Waals surface area contributed by atoms with Gasteiger partial charge in [0.1, 0.15) is 0 Å². The van der Waals surface area contributed by atoms with Crippen LogP contribution < -0.4 is 4.90 Å². The molecule has 0 fully saturated rings. The Morgan fingerprint density at radius 3 is 1.50 bits per heavy atom. The molecule has 0 saturated heterocycles. The fraction of sp³-hybridized carbons (Fsp3) is 0.0625. The molecule has 312 valence electrons. The molecule has 13 rings (SSSR count). The second kappa shape index (κ2) is 14.9. The highest BCUT2D eigenvalue weighted by molar-refractivity contribution is 7.25. The second-order valence-electron chi connectivity index (χ2n) is 18.4. The van der Waals surface area contributed by atoms with Gasteiger partial charge < -0.3 is 4.90 Å². The van der Waals surface area contributed by atoms with Crippen LogP contribution in [0.2, 0.25) is 0 Å². The lowest BCUT2D eigenvalue weighted by Gasteiger charge is -2.47. The summed E-state index contributed by atoms with van der Waals surface area (Å²) in [5, 5.41) is 2.65. The van der Waals surface area contributed by atoms with Crippen LogP contribution in [-0.2, 0) is 10.8 Å². The van der Waals surface area contributed by atoms with E-state index in [-0.39, 0.29) is 5.41 Å². The maximum absolute atomic E-state index is 2.52. The van der Waals surface area contributed by atoms with Crippen molar-refractivity contribution < 1.29 is 0 Å². The van der Waals surface area contributed by atoms with E-state index in [2.05, 4.69) is 255 Å². The molecule has 2 aliphatic rings. The molecular formula is C64H45NS. The van der Waals surface area contributed by atoms with Crippen LogP contribution in [0.25, 0.3) is 64.7 Å². The minimum absolute atomic E-state index is 0.192. The Morgan fingerprint density at radius 1 is 0.303 bits per heavy atom. The molecule has 0 unspecified atom stereocenters. The monoisotopic (exact) mass is 859 g/mol. The molecule has 11 aromatic rings. The molecular weight excluding hydrogens is 815 g/mol. The first kappa shape index (κ1) is 38.7. The lowest BCUT2D eigenvalue weighted by Crippen LogP contribution is -2.40. The number of benzene rings is 10. The van der Waals surface area contributed by atoms with Gasteiger partial charge >= 0.3 is 0 Å². The summed E-state index contributed by atoms with van der Waals surface area (Å²) in [7, 11) is 0. The van der Waals surface area contributed by atoms with Crippen LogP contribution in [0.5, 0.6) is 0 Å². The predicted octanol–water partition coefficient (Wildman–Crippen LogP) is 17.5. The molecule has 0 aliphatic heterocycles. The molecule has 2 aliphatic carbocycles. The molecule has 0 radical (unpaired) electrons. The summed E-state index contributed by atoms with van der Waals surface area (Å²) in [6, 6.07) is 88.2. The summed E-state index contributed by atoms with van der Waals surface area (Å²) < 4.78 is 2.64. The van der Waals surface area contributed by atoms with Gasteiger partial charge in [-0.1, -0.05) is 196 Å². The summed E-state index contributed by atoms with van der Waals surface area (Å²) in [5.41, 5.74) is 20.8. The number of nitrogens with zero attached hydrogens (tertiary/aromatic N) is 1. The van der Waals surface area contributed by atoms with Crippen LogP contribution in [0.3, 0.4) is 0 Å². The maximum atomic E-state index is 2.52. The normalized spacial score (nSPS) is 13.8. The number of hydrogen-bond donors (Lipinski definition) is 0. The molecule has 1 aromatic heterocycles. The topological polar surface area (TPSA) is 3.24 Å². The van der Waals surface area contributed by atoms with Crippen LogP contribution in [0, 0.1) is 0 Å². The molecule has 66 heavy (non-hydrogen) atoms. The first-order valence-electron chi connectivity index (χ1n) is 23.0. The van der Waals surface area contributed by atoms with Crippen LogP contribution in [0.4, 0.5) is 17.1 Å². The number of rotatable bonds is 6. The summed E-state index contributed by atoms with van der Waals surface area (Å²) in [6.07, 6.45) is 0. The fourth-order valence-electron chi connectivity index (χ4n) is 11.5. The average molecular weight is 860 g/mol. The third kappa shape index (κ3) is 5.78. The minimum atomic E-state index is -0.446. The smallest absolute Gasteiger partial charge is 0.0719 e. The standard InChI is InChI=1S/C64H45NS/c1-63(2)57-24-11-12-25-59(57)64(55-22-9-6-19-51(55)52-20-7-10-23-56(52)64)60-40-46(32-38-58(60)63)45-17-14-18-50(39-45)65(48-33-27-43(28-34-48)42-15-4-3-5-16-42)49-35-29-44(30-36-49)47-31-37-54-53-21-8-13-26-61(53)66-62(54)41-47/h3-41H,1-2H3. The van der Waals surface area contributed by atoms with E-state index in [0.29, 0.717) is 0 Å². The van der Waals surface area contributed by atoms with Crippen molar-refractivity contribution in [2.75, 3.05) is 4.90 Å². The molecule has 0 atom stereocenters. The zero-order valence-electron chi connectivity index (χ0n) is 36.9. The number of hydrogen-bond acceptors (Lipinski definition) is 2. The Kier molecular flexibility index (Phi) is 8.72. The van der Waals surface area contributed by atoms with E-state index in [0.717, 1.165) is 17.1 Å². The number of anilines is 3. The van der Waals surface area contributed by atoms with Gasteiger partial charge in [-0.2, -0.15) is 0 Å². The van der Waals surface area contributed by atoms with Gasteiger partial charge in [0, 0.05) is 42.6 Å². The third-order valence-corrected chi connectivity index (χ3v) is 15.7. The van der Waals surface area contributed by atoms with Gasteiger partial charge in [-0.15, -0.1) is 11.3 Å². The minimum Gasteiger partial charge on any atom is -0.310 e. The highest BCUT2D eigenvalue weighted by atomic mass is 32.1. The molecule has 1 heterocycles. The van der Waals surface area contributed by atoms with E-state index in [9.17, 15) is 0 Å². The predicted molar refractivity (Wildman–Crippen MR) is 280 cm³/mol. The SMILES string of the molecule is CC1(C)c2ccccc2C2(c3ccccc3-c3ccccc32)c2cc(-c3cccc(N(c4ccc(-c5ccccc5)cc4)c4ccc(-c5ccc6c(c5)sc5ccccc56)cc4)c3)ccc21. The van der Waals surface area contributed by atoms with Gasteiger partial charge in [0.25, 0.3) is 0 Å². The average Bonchev–Trinajstić information content (AvgIpc) is 3.90. The molecule has 0 bridgehead atoms. The van der Waals surface area contributed by atoms with Crippen molar-refractivity contribution in [2.45, 2.75) is 24.7 Å². The van der Waals surface area contributed by atoms with E-state index in [1.54, 1.807) is 0 Å². The fourth-order valence-corrected chi connectivity index (χ4v) is 12.6. The van der Waals surface area contributed by atoms with Crippen molar-refractivity contribution in [3.05, 3.63) is 270 Å². The van der Waals surface area contributed by atoms with Gasteiger partial charge in [-0.3, -0.25) is 0 Å². The number of thiophene rings is 1. The van der Waals surface area contributed by atoms with Gasteiger partial charge in [0.2, 0.25) is 0 Å². The van der Waals surface area contributed by atoms with Crippen molar-refractivity contribution in [1.29, 1.82) is 0 Å². The molecule has 0 N–H and O–H groups in total. The van der Waals surface area contributed by atoms with E-state index in [1.165, 1.54) is 98.1 Å². The lowest BCUT2D eigenvalue weighted by molar-refractivity contribution is 0.563. The van der Waals surface area contributed by atoms with Crippen LogP contribution >= 0.6 is 11.3 Å². The van der Waals surface area contributed by atoms with Gasteiger partial charge in [-0.25, -0.2) is 0 Å². The van der Waals surface area contributed by atoms with E-state index >= 15 is 0 Å². The Hall–Kier alpha value is -7.78. The first-order valence-corrected chi connectivity index (χ1v) is 23.8. The molecule has 1 nitrogen and oxygen atoms in total. The zero-order valence-corrected chi connectivity index (χ0v) is 37.7. The van der Waals surface area contributed by atoms with E-state index < -0.39 is 5.41 Å². The Bertz CT molecular complexity index is 3620. The van der Waals surface area contributed by atoms with Crippen molar-refractivity contribution in [1.82, 2.24) is 0 Å². The van der Waals surface area contributed by atoms with Crippen molar-refractivity contribution in [3.8, 4) is 44.5 Å². The van der Waals surface area contributed by atoms with Gasteiger partial charge in [-0.05, 0) is 132 Å². The lowest BCUT2D eigenvalue weighted by atomic mass is 9.55. The maximum Gasteiger partial charge on any atom is 0.0719 e. The van der Waals surface area contributed by atoms with Gasteiger partial charge in [0.05, 0.1) is 5.41 Å². The van der Waals surface area contributed by atoms with E-state index in [1.807, 2.05) is 11.3 Å². The highest BCUT2D eigenvalue weighted by Gasteiger charge is 2.53. The van der Waals surface area contributed by atoms with Crippen LogP contribution in [0.15, 0.2) is 237 Å².